The van der Waals surface area contributed by atoms with Crippen LogP contribution in [0.1, 0.15) is 29.7 Å². The lowest BCUT2D eigenvalue weighted by Gasteiger charge is -2.12. The highest BCUT2D eigenvalue weighted by molar-refractivity contribution is 5.37. The van der Waals surface area contributed by atoms with Gasteiger partial charge >= 0.3 is 0 Å². The molecule has 0 aliphatic carbocycles. The lowest BCUT2D eigenvalue weighted by atomic mass is 10.1. The van der Waals surface area contributed by atoms with Crippen LogP contribution in [0, 0.1) is 12.7 Å². The second-order valence-corrected chi connectivity index (χ2v) is 4.96. The second kappa shape index (κ2) is 6.59. The van der Waals surface area contributed by atoms with Crippen LogP contribution in [0.2, 0.25) is 0 Å². The molecule has 0 amide bonds. The lowest BCUT2D eigenvalue weighted by Crippen LogP contribution is -2.01. The molecule has 21 heavy (non-hydrogen) atoms. The van der Waals surface area contributed by atoms with E-state index in [1.807, 2.05) is 25.1 Å². The second-order valence-electron chi connectivity index (χ2n) is 4.96. The van der Waals surface area contributed by atoms with Crippen LogP contribution in [0.5, 0.6) is 11.5 Å². The first-order valence-electron chi connectivity index (χ1n) is 6.75. The Kier molecular flexibility index (Phi) is 4.81. The molecule has 0 saturated heterocycles. The number of aryl methyl sites for hydroxylation is 1. The molecule has 2 rings (SSSR count). The van der Waals surface area contributed by atoms with Gasteiger partial charge in [0.25, 0.3) is 0 Å². The molecule has 0 unspecified atom stereocenters. The van der Waals surface area contributed by atoms with Crippen molar-refractivity contribution in [2.75, 3.05) is 7.11 Å². The van der Waals surface area contributed by atoms with Crippen molar-refractivity contribution in [2.45, 2.75) is 26.6 Å². The standard InChI is InChI=1S/C17H19FO3/c1-11-4-7-17(20-3)13(8-11)10-21-14-5-6-15(12(2)19)16(18)9-14/h4-9,12,19H,10H2,1-3H3/t12-/m0/s1. The number of hydrogen-bond donors (Lipinski definition) is 1. The van der Waals surface area contributed by atoms with Gasteiger partial charge in [-0.1, -0.05) is 11.6 Å². The van der Waals surface area contributed by atoms with Gasteiger partial charge in [0.1, 0.15) is 23.9 Å². The minimum atomic E-state index is -0.837. The summed E-state index contributed by atoms with van der Waals surface area (Å²) in [6.45, 7) is 3.80. The molecule has 0 heterocycles. The largest absolute Gasteiger partial charge is 0.496 e. The third-order valence-electron chi connectivity index (χ3n) is 3.25. The first-order valence-corrected chi connectivity index (χ1v) is 6.75. The number of benzene rings is 2. The molecule has 3 nitrogen and oxygen atoms in total. The van der Waals surface area contributed by atoms with E-state index >= 15 is 0 Å². The van der Waals surface area contributed by atoms with Crippen LogP contribution in [0.25, 0.3) is 0 Å². The van der Waals surface area contributed by atoms with Crippen LogP contribution in [0.15, 0.2) is 36.4 Å². The van der Waals surface area contributed by atoms with Gasteiger partial charge in [0, 0.05) is 17.2 Å². The minimum Gasteiger partial charge on any atom is -0.496 e. The molecule has 0 fully saturated rings. The Balaban J connectivity index is 2.13. The van der Waals surface area contributed by atoms with Gasteiger partial charge in [-0.3, -0.25) is 0 Å². The lowest BCUT2D eigenvalue weighted by molar-refractivity contribution is 0.194. The molecule has 0 bridgehead atoms. The maximum absolute atomic E-state index is 13.8. The minimum absolute atomic E-state index is 0.260. The van der Waals surface area contributed by atoms with E-state index in [9.17, 15) is 9.50 Å². The van der Waals surface area contributed by atoms with Crippen LogP contribution in [0.4, 0.5) is 4.39 Å². The topological polar surface area (TPSA) is 38.7 Å². The van der Waals surface area contributed by atoms with Crippen LogP contribution in [-0.4, -0.2) is 12.2 Å². The first kappa shape index (κ1) is 15.3. The Hall–Kier alpha value is -2.07. The molecule has 1 atom stereocenters. The van der Waals surface area contributed by atoms with Gasteiger partial charge in [0.2, 0.25) is 0 Å². The zero-order valence-corrected chi connectivity index (χ0v) is 12.4. The van der Waals surface area contributed by atoms with E-state index in [4.69, 9.17) is 9.47 Å². The summed E-state index contributed by atoms with van der Waals surface area (Å²) in [5, 5.41) is 9.40. The average Bonchev–Trinajstić information content (AvgIpc) is 2.45. The Morgan fingerprint density at radius 1 is 1.19 bits per heavy atom. The molecule has 0 saturated carbocycles. The summed E-state index contributed by atoms with van der Waals surface area (Å²) < 4.78 is 24.7. The zero-order chi connectivity index (χ0) is 15.4. The van der Waals surface area contributed by atoms with Crippen molar-refractivity contribution in [3.63, 3.8) is 0 Å². The molecule has 0 spiro atoms. The van der Waals surface area contributed by atoms with Crippen molar-refractivity contribution in [2.24, 2.45) is 0 Å². The number of hydrogen-bond acceptors (Lipinski definition) is 3. The molecule has 2 aromatic rings. The van der Waals surface area contributed by atoms with Crippen LogP contribution in [-0.2, 0) is 6.61 Å². The summed E-state index contributed by atoms with van der Waals surface area (Å²) in [6, 6.07) is 10.3. The molecule has 4 heteroatoms. The maximum atomic E-state index is 13.8. The van der Waals surface area contributed by atoms with Crippen molar-refractivity contribution in [3.05, 3.63) is 58.9 Å². The van der Waals surface area contributed by atoms with E-state index in [0.29, 0.717) is 5.75 Å². The third kappa shape index (κ3) is 3.73. The number of methoxy groups -OCH3 is 1. The summed E-state index contributed by atoms with van der Waals surface area (Å²) in [6.07, 6.45) is -0.837. The van der Waals surface area contributed by atoms with Gasteiger partial charge in [-0.25, -0.2) is 4.39 Å². The SMILES string of the molecule is COc1ccc(C)cc1COc1ccc([C@H](C)O)c(F)c1. The molecular weight excluding hydrogens is 271 g/mol. The average molecular weight is 290 g/mol. The molecule has 112 valence electrons. The number of rotatable bonds is 5. The van der Waals surface area contributed by atoms with Gasteiger partial charge < -0.3 is 14.6 Å². The highest BCUT2D eigenvalue weighted by Gasteiger charge is 2.10. The number of halogens is 1. The highest BCUT2D eigenvalue weighted by Crippen LogP contribution is 2.25. The fourth-order valence-electron chi connectivity index (χ4n) is 2.12. The summed E-state index contributed by atoms with van der Waals surface area (Å²) in [5.41, 5.74) is 2.26. The van der Waals surface area contributed by atoms with Gasteiger partial charge in [0.05, 0.1) is 13.2 Å². The fraction of sp³-hybridized carbons (Fsp3) is 0.294. The summed E-state index contributed by atoms with van der Waals surface area (Å²) in [7, 11) is 1.60. The molecule has 0 aliphatic rings. The molecule has 2 aromatic carbocycles. The Labute approximate surface area is 124 Å². The molecule has 0 radical (unpaired) electrons. The summed E-state index contributed by atoms with van der Waals surface area (Å²) in [5.74, 6) is 0.681. The molecule has 1 N–H and O–H groups in total. The Morgan fingerprint density at radius 3 is 2.57 bits per heavy atom. The molecular formula is C17H19FO3. The van der Waals surface area contributed by atoms with E-state index in [0.717, 1.165) is 16.9 Å². The molecule has 0 aromatic heterocycles. The number of aliphatic hydroxyl groups excluding tert-OH is 1. The predicted molar refractivity (Wildman–Crippen MR) is 79.1 cm³/mol. The van der Waals surface area contributed by atoms with E-state index in [2.05, 4.69) is 0 Å². The van der Waals surface area contributed by atoms with Crippen molar-refractivity contribution in [1.29, 1.82) is 0 Å². The van der Waals surface area contributed by atoms with Crippen molar-refractivity contribution >= 4 is 0 Å². The smallest absolute Gasteiger partial charge is 0.132 e. The van der Waals surface area contributed by atoms with Crippen molar-refractivity contribution in [3.8, 4) is 11.5 Å². The van der Waals surface area contributed by atoms with Crippen molar-refractivity contribution in [1.82, 2.24) is 0 Å². The van der Waals surface area contributed by atoms with E-state index in [1.54, 1.807) is 13.2 Å². The first-order chi connectivity index (χ1) is 10.0. The molecule has 0 aliphatic heterocycles. The van der Waals surface area contributed by atoms with Crippen LogP contribution in [0.3, 0.4) is 0 Å². The monoisotopic (exact) mass is 290 g/mol. The van der Waals surface area contributed by atoms with Crippen LogP contribution >= 0.6 is 0 Å². The van der Waals surface area contributed by atoms with Gasteiger partial charge in [-0.15, -0.1) is 0 Å². The number of ether oxygens (including phenoxy) is 2. The Bertz CT molecular complexity index is 623. The fourth-order valence-corrected chi connectivity index (χ4v) is 2.12. The zero-order valence-electron chi connectivity index (χ0n) is 12.4. The van der Waals surface area contributed by atoms with Gasteiger partial charge in [-0.2, -0.15) is 0 Å². The predicted octanol–water partition coefficient (Wildman–Crippen LogP) is 3.78. The van der Waals surface area contributed by atoms with Gasteiger partial charge in [-0.05, 0) is 38.1 Å². The quantitative estimate of drug-likeness (QED) is 0.911. The normalized spacial score (nSPS) is 12.0. The van der Waals surface area contributed by atoms with E-state index < -0.39 is 11.9 Å². The van der Waals surface area contributed by atoms with Crippen molar-refractivity contribution < 1.29 is 19.0 Å². The highest BCUT2D eigenvalue weighted by atomic mass is 19.1. The van der Waals surface area contributed by atoms with Gasteiger partial charge in [0.15, 0.2) is 0 Å². The van der Waals surface area contributed by atoms with Crippen LogP contribution < -0.4 is 9.47 Å². The summed E-state index contributed by atoms with van der Waals surface area (Å²) >= 11 is 0. The Morgan fingerprint density at radius 2 is 1.95 bits per heavy atom. The number of aliphatic hydroxyl groups is 1. The van der Waals surface area contributed by atoms with E-state index in [-0.39, 0.29) is 12.2 Å². The third-order valence-corrected chi connectivity index (χ3v) is 3.25. The van der Waals surface area contributed by atoms with E-state index in [1.165, 1.54) is 19.1 Å². The summed E-state index contributed by atoms with van der Waals surface area (Å²) in [4.78, 5) is 0. The maximum Gasteiger partial charge on any atom is 0.132 e.